The van der Waals surface area contributed by atoms with Crippen LogP contribution in [0.2, 0.25) is 0 Å². The third-order valence-electron chi connectivity index (χ3n) is 1.05. The van der Waals surface area contributed by atoms with E-state index in [-0.39, 0.29) is 0 Å². The van der Waals surface area contributed by atoms with Crippen molar-refractivity contribution in [2.24, 2.45) is 0 Å². The Hall–Kier alpha value is -0.700. The molecule has 1 aromatic rings. The highest BCUT2D eigenvalue weighted by molar-refractivity contribution is 7.12. The van der Waals surface area contributed by atoms with Gasteiger partial charge in [0, 0.05) is 0 Å². The summed E-state index contributed by atoms with van der Waals surface area (Å²) in [6.07, 6.45) is 0. The monoisotopic (exact) mass is 140 g/mol. The molecular formula is C6H4O2S. The molecule has 0 aromatic carbocycles. The topological polar surface area (TPSA) is 18.5 Å². The molecule has 0 atom stereocenters. The van der Waals surface area contributed by atoms with Gasteiger partial charge in [-0.2, -0.15) is 0 Å². The Bertz CT molecular complexity index is 186. The molecule has 0 aliphatic carbocycles. The molecule has 2 rings (SSSR count). The molecule has 1 aliphatic heterocycles. The van der Waals surface area contributed by atoms with E-state index in [0.717, 1.165) is 10.8 Å². The van der Waals surface area contributed by atoms with E-state index in [1.165, 1.54) is 11.3 Å². The first-order chi connectivity index (χ1) is 4.47. The standard InChI is InChI=1S/C6H4O2S/c1-4-9-6-5(1)7-2-3-8-6/h1,4H,2H2. The average Bonchev–Trinajstić information content (AvgIpc) is 2.33. The van der Waals surface area contributed by atoms with Crippen LogP contribution < -0.4 is 9.47 Å². The third-order valence-corrected chi connectivity index (χ3v) is 1.82. The lowest BCUT2D eigenvalue weighted by Gasteiger charge is -2.11. The number of hydrogen-bond donors (Lipinski definition) is 0. The largest absolute Gasteiger partial charge is 0.484 e. The van der Waals surface area contributed by atoms with Crippen molar-refractivity contribution >= 4 is 11.3 Å². The van der Waals surface area contributed by atoms with E-state index >= 15 is 0 Å². The van der Waals surface area contributed by atoms with Gasteiger partial charge in [-0.3, -0.25) is 0 Å². The third kappa shape index (κ3) is 0.772. The summed E-state index contributed by atoms with van der Waals surface area (Å²) >= 11 is 1.52. The van der Waals surface area contributed by atoms with E-state index < -0.39 is 0 Å². The Labute approximate surface area is 57.0 Å². The van der Waals surface area contributed by atoms with Crippen molar-refractivity contribution in [2.75, 3.05) is 6.61 Å². The van der Waals surface area contributed by atoms with E-state index in [9.17, 15) is 0 Å². The lowest BCUT2D eigenvalue weighted by atomic mass is 10.5. The predicted molar refractivity (Wildman–Crippen MR) is 33.7 cm³/mol. The second-order valence-electron chi connectivity index (χ2n) is 1.61. The molecule has 0 bridgehead atoms. The van der Waals surface area contributed by atoms with E-state index in [0.29, 0.717) is 6.61 Å². The minimum absolute atomic E-state index is 0.434. The zero-order valence-corrected chi connectivity index (χ0v) is 5.40. The maximum Gasteiger partial charge on any atom is 0.238 e. The summed E-state index contributed by atoms with van der Waals surface area (Å²) in [5.41, 5.74) is 0. The molecule has 0 N–H and O–H groups in total. The highest BCUT2D eigenvalue weighted by atomic mass is 32.1. The summed E-state index contributed by atoms with van der Waals surface area (Å²) in [7, 11) is 0. The molecule has 2 heterocycles. The zero-order chi connectivity index (χ0) is 6.10. The van der Waals surface area contributed by atoms with Crippen molar-refractivity contribution in [2.45, 2.75) is 0 Å². The lowest BCUT2D eigenvalue weighted by Crippen LogP contribution is -2.07. The highest BCUT2D eigenvalue weighted by Gasteiger charge is 2.12. The van der Waals surface area contributed by atoms with E-state index in [1.807, 2.05) is 11.4 Å². The van der Waals surface area contributed by atoms with Gasteiger partial charge >= 0.3 is 0 Å². The van der Waals surface area contributed by atoms with Crippen LogP contribution in [0, 0.1) is 6.61 Å². The van der Waals surface area contributed by atoms with Gasteiger partial charge in [0.15, 0.2) is 5.75 Å². The van der Waals surface area contributed by atoms with Crippen LogP contribution in [0.25, 0.3) is 0 Å². The molecule has 2 nitrogen and oxygen atoms in total. The Morgan fingerprint density at radius 1 is 1.67 bits per heavy atom. The summed E-state index contributed by atoms with van der Waals surface area (Å²) in [4.78, 5) is 0. The number of fused-ring (bicyclic) bond motifs is 1. The van der Waals surface area contributed by atoms with E-state index in [4.69, 9.17) is 9.47 Å². The highest BCUT2D eigenvalue weighted by Crippen LogP contribution is 2.36. The first-order valence-electron chi connectivity index (χ1n) is 2.57. The van der Waals surface area contributed by atoms with Crippen molar-refractivity contribution in [1.82, 2.24) is 0 Å². The number of rotatable bonds is 0. The second kappa shape index (κ2) is 1.92. The first kappa shape index (κ1) is 5.11. The maximum absolute atomic E-state index is 5.14. The molecule has 9 heavy (non-hydrogen) atoms. The Morgan fingerprint density at radius 3 is 3.56 bits per heavy atom. The van der Waals surface area contributed by atoms with Gasteiger partial charge in [-0.15, -0.1) is 11.3 Å². The van der Waals surface area contributed by atoms with Crippen molar-refractivity contribution < 1.29 is 9.47 Å². The van der Waals surface area contributed by atoms with Crippen LogP contribution in [0.3, 0.4) is 0 Å². The second-order valence-corrected chi connectivity index (χ2v) is 2.49. The van der Waals surface area contributed by atoms with Crippen molar-refractivity contribution in [3.8, 4) is 10.8 Å². The fourth-order valence-electron chi connectivity index (χ4n) is 0.667. The Morgan fingerprint density at radius 2 is 2.67 bits per heavy atom. The van der Waals surface area contributed by atoms with Crippen LogP contribution in [0.1, 0.15) is 0 Å². The summed E-state index contributed by atoms with van der Waals surface area (Å²) in [6.45, 7) is 3.05. The van der Waals surface area contributed by atoms with Gasteiger partial charge in [0.25, 0.3) is 0 Å². The van der Waals surface area contributed by atoms with Crippen LogP contribution in [0.15, 0.2) is 11.4 Å². The summed E-state index contributed by atoms with van der Waals surface area (Å²) in [5.74, 6) is 0.832. The molecule has 0 saturated heterocycles. The molecular weight excluding hydrogens is 136 g/mol. The normalized spacial score (nSPS) is 15.6. The van der Waals surface area contributed by atoms with Crippen molar-refractivity contribution in [1.29, 1.82) is 0 Å². The molecule has 1 aromatic heterocycles. The minimum atomic E-state index is 0.434. The molecule has 0 fully saturated rings. The molecule has 2 radical (unpaired) electrons. The summed E-state index contributed by atoms with van der Waals surface area (Å²) in [5, 5.41) is 2.73. The molecule has 3 heteroatoms. The van der Waals surface area contributed by atoms with Crippen molar-refractivity contribution in [3.05, 3.63) is 18.1 Å². The maximum atomic E-state index is 5.14. The molecule has 0 spiro atoms. The van der Waals surface area contributed by atoms with Gasteiger partial charge in [-0.05, 0) is 11.4 Å². The molecule has 0 amide bonds. The van der Waals surface area contributed by atoms with E-state index in [2.05, 4.69) is 6.61 Å². The summed E-state index contributed by atoms with van der Waals surface area (Å²) < 4.78 is 10.1. The number of hydrogen-bond acceptors (Lipinski definition) is 3. The van der Waals surface area contributed by atoms with Gasteiger partial charge in [0.2, 0.25) is 11.7 Å². The van der Waals surface area contributed by atoms with Gasteiger partial charge in [-0.25, -0.2) is 0 Å². The van der Waals surface area contributed by atoms with Crippen LogP contribution in [0.5, 0.6) is 10.8 Å². The number of thiophene rings is 1. The molecule has 0 saturated carbocycles. The predicted octanol–water partition coefficient (Wildman–Crippen LogP) is 1.56. The van der Waals surface area contributed by atoms with Crippen LogP contribution in [-0.4, -0.2) is 6.61 Å². The Kier molecular flexibility index (Phi) is 1.09. The van der Waals surface area contributed by atoms with Crippen LogP contribution >= 0.6 is 11.3 Å². The van der Waals surface area contributed by atoms with Gasteiger partial charge < -0.3 is 9.47 Å². The van der Waals surface area contributed by atoms with Crippen molar-refractivity contribution in [3.63, 3.8) is 0 Å². The number of ether oxygens (including phenoxy) is 2. The molecule has 1 aliphatic rings. The fraction of sp³-hybridized carbons (Fsp3) is 0.167. The van der Waals surface area contributed by atoms with E-state index in [1.54, 1.807) is 0 Å². The average molecular weight is 140 g/mol. The molecule has 46 valence electrons. The minimum Gasteiger partial charge on any atom is -0.484 e. The Balaban J connectivity index is 2.39. The van der Waals surface area contributed by atoms with Crippen LogP contribution in [-0.2, 0) is 0 Å². The first-order valence-corrected chi connectivity index (χ1v) is 3.45. The summed E-state index contributed by atoms with van der Waals surface area (Å²) in [6, 6.07) is 1.89. The van der Waals surface area contributed by atoms with Crippen LogP contribution in [0.4, 0.5) is 0 Å². The molecule has 0 unspecified atom stereocenters. The smallest absolute Gasteiger partial charge is 0.238 e. The van der Waals surface area contributed by atoms with Gasteiger partial charge in [-0.1, -0.05) is 0 Å². The lowest BCUT2D eigenvalue weighted by molar-refractivity contribution is 0.230. The fourth-order valence-corrected chi connectivity index (χ4v) is 1.33. The zero-order valence-electron chi connectivity index (χ0n) is 4.59. The quantitative estimate of drug-likeness (QED) is 0.544. The van der Waals surface area contributed by atoms with Gasteiger partial charge in [0.05, 0.1) is 0 Å². The SMILES string of the molecule is [C]1COc2ccsc2O1. The van der Waals surface area contributed by atoms with Gasteiger partial charge in [0.1, 0.15) is 6.61 Å².